The first kappa shape index (κ1) is 9.16. The van der Waals surface area contributed by atoms with Crippen LogP contribution in [0.15, 0.2) is 42.5 Å². The van der Waals surface area contributed by atoms with Crippen molar-refractivity contribution in [2.75, 3.05) is 0 Å². The summed E-state index contributed by atoms with van der Waals surface area (Å²) < 4.78 is 19.2. The van der Waals surface area contributed by atoms with Gasteiger partial charge in [0, 0.05) is 5.56 Å². The highest BCUT2D eigenvalue weighted by atomic mass is 19.1. The molecule has 0 aromatic heterocycles. The Morgan fingerprint density at radius 1 is 0.812 bits per heavy atom. The van der Waals surface area contributed by atoms with E-state index in [0.717, 1.165) is 11.3 Å². The van der Waals surface area contributed by atoms with Gasteiger partial charge >= 0.3 is 0 Å². The molecule has 2 aromatic rings. The van der Waals surface area contributed by atoms with Gasteiger partial charge < -0.3 is 4.74 Å². The van der Waals surface area contributed by atoms with E-state index < -0.39 is 0 Å². The highest BCUT2D eigenvalue weighted by Crippen LogP contribution is 2.34. The van der Waals surface area contributed by atoms with E-state index in [4.69, 9.17) is 4.74 Å². The van der Waals surface area contributed by atoms with Crippen molar-refractivity contribution in [3.05, 3.63) is 59.4 Å². The van der Waals surface area contributed by atoms with Gasteiger partial charge in [0.1, 0.15) is 17.3 Å². The Morgan fingerprint density at radius 2 is 1.62 bits per heavy atom. The minimum atomic E-state index is -0.262. The number of fused-ring (bicyclic) bond motifs is 2. The van der Waals surface area contributed by atoms with Gasteiger partial charge in [-0.1, -0.05) is 30.3 Å². The summed E-state index contributed by atoms with van der Waals surface area (Å²) in [5.41, 5.74) is 1.46. The summed E-state index contributed by atoms with van der Waals surface area (Å²) >= 11 is 0. The van der Waals surface area contributed by atoms with Crippen LogP contribution in [0.25, 0.3) is 12.2 Å². The molecule has 3 rings (SSSR count). The number of halogens is 1. The maximum absolute atomic E-state index is 13.5. The van der Waals surface area contributed by atoms with E-state index in [1.165, 1.54) is 6.07 Å². The second-order valence-electron chi connectivity index (χ2n) is 3.62. The second kappa shape index (κ2) is 3.49. The predicted molar refractivity (Wildman–Crippen MR) is 61.8 cm³/mol. The molecule has 0 amide bonds. The average Bonchev–Trinajstić information content (AvgIpc) is 2.48. The molecule has 1 aliphatic rings. The molecule has 1 heterocycles. The third-order valence-electron chi connectivity index (χ3n) is 2.58. The van der Waals surface area contributed by atoms with Crippen LogP contribution in [0, 0.1) is 5.82 Å². The molecule has 2 heteroatoms. The molecule has 0 N–H and O–H groups in total. The van der Waals surface area contributed by atoms with E-state index in [0.29, 0.717) is 11.3 Å². The lowest BCUT2D eigenvalue weighted by Crippen LogP contribution is -1.89. The number of benzene rings is 2. The Bertz CT molecular complexity index is 573. The first-order valence-electron chi connectivity index (χ1n) is 5.08. The quantitative estimate of drug-likeness (QED) is 0.545. The Morgan fingerprint density at radius 3 is 2.56 bits per heavy atom. The van der Waals surface area contributed by atoms with Crippen molar-refractivity contribution >= 4 is 12.2 Å². The van der Waals surface area contributed by atoms with Crippen molar-refractivity contribution in [1.29, 1.82) is 0 Å². The van der Waals surface area contributed by atoms with Crippen molar-refractivity contribution < 1.29 is 9.13 Å². The van der Waals surface area contributed by atoms with Gasteiger partial charge in [0.05, 0.1) is 5.56 Å². The van der Waals surface area contributed by atoms with Crippen LogP contribution in [0.3, 0.4) is 0 Å². The van der Waals surface area contributed by atoms with Crippen molar-refractivity contribution in [3.8, 4) is 11.5 Å². The number of ether oxygens (including phenoxy) is 1. The fourth-order valence-corrected chi connectivity index (χ4v) is 1.77. The summed E-state index contributed by atoms with van der Waals surface area (Å²) in [5, 5.41) is 0. The van der Waals surface area contributed by atoms with Crippen molar-refractivity contribution in [2.45, 2.75) is 0 Å². The lowest BCUT2D eigenvalue weighted by atomic mass is 10.1. The largest absolute Gasteiger partial charge is 0.456 e. The SMILES string of the molecule is Fc1cccc2c1C=Cc1ccccc1O2. The molecule has 1 nitrogen and oxygen atoms in total. The number of para-hydroxylation sites is 1. The third-order valence-corrected chi connectivity index (χ3v) is 2.58. The lowest BCUT2D eigenvalue weighted by Gasteiger charge is -2.08. The highest BCUT2D eigenvalue weighted by Gasteiger charge is 2.12. The van der Waals surface area contributed by atoms with Crippen LogP contribution in [0.5, 0.6) is 11.5 Å². The maximum Gasteiger partial charge on any atom is 0.137 e. The Balaban J connectivity index is 2.21. The molecule has 1 aliphatic heterocycles. The molecular formula is C14H9FO. The fourth-order valence-electron chi connectivity index (χ4n) is 1.77. The molecule has 0 saturated heterocycles. The molecule has 16 heavy (non-hydrogen) atoms. The van der Waals surface area contributed by atoms with E-state index in [-0.39, 0.29) is 5.82 Å². The van der Waals surface area contributed by atoms with Gasteiger partial charge in [0.25, 0.3) is 0 Å². The Labute approximate surface area is 92.8 Å². The first-order chi connectivity index (χ1) is 7.84. The molecule has 0 saturated carbocycles. The Kier molecular flexibility index (Phi) is 2.00. The number of rotatable bonds is 0. The molecular weight excluding hydrogens is 203 g/mol. The van der Waals surface area contributed by atoms with Crippen LogP contribution in [0.1, 0.15) is 11.1 Å². The predicted octanol–water partition coefficient (Wildman–Crippen LogP) is 4.10. The van der Waals surface area contributed by atoms with Gasteiger partial charge in [-0.25, -0.2) is 4.39 Å². The molecule has 78 valence electrons. The van der Waals surface area contributed by atoms with E-state index in [9.17, 15) is 4.39 Å². The van der Waals surface area contributed by atoms with Gasteiger partial charge in [-0.3, -0.25) is 0 Å². The summed E-state index contributed by atoms with van der Waals surface area (Å²) in [4.78, 5) is 0. The monoisotopic (exact) mass is 212 g/mol. The number of hydrogen-bond acceptors (Lipinski definition) is 1. The molecule has 0 fully saturated rings. The molecule has 0 atom stereocenters. The summed E-state index contributed by atoms with van der Waals surface area (Å²) in [6.07, 6.45) is 3.61. The molecule has 0 bridgehead atoms. The molecule has 0 aliphatic carbocycles. The summed E-state index contributed by atoms with van der Waals surface area (Å²) in [6, 6.07) is 12.5. The van der Waals surface area contributed by atoms with E-state index in [1.807, 2.05) is 30.3 Å². The Hall–Kier alpha value is -2.09. The van der Waals surface area contributed by atoms with E-state index in [2.05, 4.69) is 0 Å². The van der Waals surface area contributed by atoms with Crippen molar-refractivity contribution in [2.24, 2.45) is 0 Å². The van der Waals surface area contributed by atoms with Gasteiger partial charge in [0.2, 0.25) is 0 Å². The van der Waals surface area contributed by atoms with Gasteiger partial charge in [-0.05, 0) is 24.3 Å². The van der Waals surface area contributed by atoms with Crippen LogP contribution in [0.2, 0.25) is 0 Å². The minimum Gasteiger partial charge on any atom is -0.456 e. The van der Waals surface area contributed by atoms with Crippen LogP contribution < -0.4 is 4.74 Å². The first-order valence-corrected chi connectivity index (χ1v) is 5.08. The summed E-state index contributed by atoms with van der Waals surface area (Å²) in [7, 11) is 0. The average molecular weight is 212 g/mol. The van der Waals surface area contributed by atoms with Gasteiger partial charge in [-0.15, -0.1) is 0 Å². The lowest BCUT2D eigenvalue weighted by molar-refractivity contribution is 0.475. The maximum atomic E-state index is 13.5. The third kappa shape index (κ3) is 1.39. The van der Waals surface area contributed by atoms with Crippen LogP contribution in [-0.4, -0.2) is 0 Å². The molecule has 0 unspecified atom stereocenters. The summed E-state index contributed by atoms with van der Waals surface area (Å²) in [5.74, 6) is 1.05. The number of hydrogen-bond donors (Lipinski definition) is 0. The summed E-state index contributed by atoms with van der Waals surface area (Å²) in [6.45, 7) is 0. The normalized spacial score (nSPS) is 12.3. The van der Waals surface area contributed by atoms with Gasteiger partial charge in [-0.2, -0.15) is 0 Å². The molecule has 2 aromatic carbocycles. The standard InChI is InChI=1S/C14H9FO/c15-12-5-3-7-14-11(12)9-8-10-4-1-2-6-13(10)16-14/h1-9H. The topological polar surface area (TPSA) is 9.23 Å². The van der Waals surface area contributed by atoms with Crippen LogP contribution in [0.4, 0.5) is 4.39 Å². The van der Waals surface area contributed by atoms with E-state index >= 15 is 0 Å². The smallest absolute Gasteiger partial charge is 0.137 e. The van der Waals surface area contributed by atoms with Crippen molar-refractivity contribution in [3.63, 3.8) is 0 Å². The van der Waals surface area contributed by atoms with Crippen molar-refractivity contribution in [1.82, 2.24) is 0 Å². The van der Waals surface area contributed by atoms with Gasteiger partial charge in [0.15, 0.2) is 0 Å². The zero-order valence-corrected chi connectivity index (χ0v) is 8.48. The second-order valence-corrected chi connectivity index (χ2v) is 3.62. The highest BCUT2D eigenvalue weighted by molar-refractivity contribution is 5.77. The molecule has 0 radical (unpaired) electrons. The van der Waals surface area contributed by atoms with E-state index in [1.54, 1.807) is 18.2 Å². The minimum absolute atomic E-state index is 0.262. The fraction of sp³-hybridized carbons (Fsp3) is 0. The zero-order chi connectivity index (χ0) is 11.0. The zero-order valence-electron chi connectivity index (χ0n) is 8.48. The van der Waals surface area contributed by atoms with Crippen LogP contribution in [-0.2, 0) is 0 Å². The molecule has 0 spiro atoms. The van der Waals surface area contributed by atoms with Crippen LogP contribution >= 0.6 is 0 Å².